The Morgan fingerprint density at radius 1 is 1.18 bits per heavy atom. The largest absolute Gasteiger partial charge is 0.396 e. The molecular weight excluding hydrogens is 482 g/mol. The van der Waals surface area contributed by atoms with Gasteiger partial charge in [-0.3, -0.25) is 14.2 Å². The second kappa shape index (κ2) is 8.26. The van der Waals surface area contributed by atoms with Crippen molar-refractivity contribution in [3.63, 3.8) is 0 Å². The van der Waals surface area contributed by atoms with E-state index in [4.69, 9.17) is 0 Å². The average molecular weight is 519 g/mol. The first-order valence-corrected chi connectivity index (χ1v) is 14.4. The number of aliphatic hydroxyl groups excluding tert-OH is 1. The molecule has 6 aliphatic rings. The molecular formula is C31H36F2N4O. The molecule has 6 atom stereocenters. The highest BCUT2D eigenvalue weighted by Crippen LogP contribution is 2.72. The molecule has 0 spiro atoms. The van der Waals surface area contributed by atoms with E-state index in [9.17, 15) is 9.50 Å². The minimum Gasteiger partial charge on any atom is -0.396 e. The van der Waals surface area contributed by atoms with Crippen molar-refractivity contribution < 1.29 is 13.9 Å². The number of hydrogen-bond donors (Lipinski definition) is 3. The van der Waals surface area contributed by atoms with E-state index >= 15 is 4.39 Å². The number of alkyl halides is 1. The Labute approximate surface area is 222 Å². The second-order valence-electron chi connectivity index (χ2n) is 12.7. The lowest BCUT2D eigenvalue weighted by atomic mass is 9.57. The summed E-state index contributed by atoms with van der Waals surface area (Å²) in [7, 11) is 0. The molecule has 7 heteroatoms. The molecule has 3 aromatic rings. The van der Waals surface area contributed by atoms with Crippen LogP contribution < -0.4 is 5.32 Å². The number of aliphatic hydroxyl groups is 1. The smallest absolute Gasteiger partial charge is 0.130 e. The molecule has 3 N–H and O–H groups in total. The number of hydrogen-bond acceptors (Lipinski definition) is 4. The molecule has 3 aliphatic carbocycles. The molecule has 4 fully saturated rings. The van der Waals surface area contributed by atoms with Crippen LogP contribution in [0.2, 0.25) is 0 Å². The van der Waals surface area contributed by atoms with Gasteiger partial charge < -0.3 is 15.4 Å². The first-order valence-electron chi connectivity index (χ1n) is 14.4. The summed E-state index contributed by atoms with van der Waals surface area (Å²) in [6, 6.07) is 13.1. The molecule has 5 nitrogen and oxygen atoms in total. The van der Waals surface area contributed by atoms with Gasteiger partial charge in [-0.25, -0.2) is 4.39 Å². The standard InChI is InChI=1S/C31H36F2N4O/c1-17-9-21-20-5-2-3-6-25(20)35-29(21)30-27-22(28-23-12-31(28,16-38)13-26(23)37(17)30)10-18(11-24(27)33)34-19-14-36(15-19)8-4-7-32/h2-3,5-6,10-11,17,19,23,26,28,30,34-35,38H,4,7-9,12-16H2,1H3/t17-,23?,26+,28?,30-,31?/m0/s1. The van der Waals surface area contributed by atoms with Crippen molar-refractivity contribution in [1.82, 2.24) is 14.8 Å². The van der Waals surface area contributed by atoms with Crippen molar-refractivity contribution in [3.05, 3.63) is 64.6 Å². The minimum absolute atomic E-state index is 0.139. The molecule has 4 bridgehead atoms. The summed E-state index contributed by atoms with van der Waals surface area (Å²) in [4.78, 5) is 8.58. The third kappa shape index (κ3) is 3.07. The van der Waals surface area contributed by atoms with E-state index in [1.165, 1.54) is 10.9 Å². The van der Waals surface area contributed by atoms with E-state index in [0.717, 1.165) is 66.9 Å². The Kier molecular flexibility index (Phi) is 5.09. The quantitative estimate of drug-likeness (QED) is 0.432. The first kappa shape index (κ1) is 23.4. The maximum Gasteiger partial charge on any atom is 0.130 e. The van der Waals surface area contributed by atoms with Gasteiger partial charge in [0.1, 0.15) is 5.82 Å². The normalized spacial score (nSPS) is 33.7. The highest BCUT2D eigenvalue weighted by atomic mass is 19.1. The molecule has 1 aromatic heterocycles. The lowest BCUT2D eigenvalue weighted by Crippen LogP contribution is -2.54. The third-order valence-corrected chi connectivity index (χ3v) is 10.7. The fraction of sp³-hybridized carbons (Fsp3) is 0.548. The van der Waals surface area contributed by atoms with Gasteiger partial charge in [-0.15, -0.1) is 0 Å². The predicted molar refractivity (Wildman–Crippen MR) is 145 cm³/mol. The first-order chi connectivity index (χ1) is 18.5. The Morgan fingerprint density at radius 2 is 2.03 bits per heavy atom. The molecule has 3 unspecified atom stereocenters. The highest BCUT2D eigenvalue weighted by molar-refractivity contribution is 5.85. The van der Waals surface area contributed by atoms with E-state index in [-0.39, 0.29) is 42.5 Å². The Balaban J connectivity index is 1.24. The number of nitrogens with zero attached hydrogens (tertiary/aromatic N) is 2. The number of aromatic nitrogens is 1. The second-order valence-corrected chi connectivity index (χ2v) is 12.7. The van der Waals surface area contributed by atoms with Crippen LogP contribution in [-0.4, -0.2) is 70.9 Å². The molecule has 200 valence electrons. The van der Waals surface area contributed by atoms with E-state index < -0.39 is 0 Å². The number of benzene rings is 2. The number of H-pyrrole nitrogens is 1. The van der Waals surface area contributed by atoms with Gasteiger partial charge in [0, 0.05) is 71.6 Å². The van der Waals surface area contributed by atoms with Crippen molar-refractivity contribution in [2.24, 2.45) is 11.3 Å². The number of para-hydroxylation sites is 1. The number of fused-ring (bicyclic) bond motifs is 7. The Morgan fingerprint density at radius 3 is 2.84 bits per heavy atom. The van der Waals surface area contributed by atoms with Gasteiger partial charge in [0.25, 0.3) is 0 Å². The lowest BCUT2D eigenvalue weighted by Gasteiger charge is -2.47. The summed E-state index contributed by atoms with van der Waals surface area (Å²) >= 11 is 0. The van der Waals surface area contributed by atoms with Gasteiger partial charge in [0.15, 0.2) is 0 Å². The van der Waals surface area contributed by atoms with Crippen molar-refractivity contribution in [1.29, 1.82) is 0 Å². The maximum atomic E-state index is 16.5. The zero-order valence-electron chi connectivity index (χ0n) is 21.9. The van der Waals surface area contributed by atoms with Crippen LogP contribution in [0.25, 0.3) is 10.9 Å². The summed E-state index contributed by atoms with van der Waals surface area (Å²) in [5.41, 5.74) is 6.20. The van der Waals surface area contributed by atoms with Gasteiger partial charge in [-0.05, 0) is 73.8 Å². The zero-order valence-corrected chi connectivity index (χ0v) is 21.9. The minimum atomic E-state index is -0.282. The van der Waals surface area contributed by atoms with E-state index in [1.54, 1.807) is 6.07 Å². The van der Waals surface area contributed by atoms with Crippen molar-refractivity contribution >= 4 is 16.6 Å². The van der Waals surface area contributed by atoms with E-state index in [1.807, 2.05) is 0 Å². The average Bonchev–Trinajstić information content (AvgIpc) is 3.51. The number of anilines is 1. The third-order valence-electron chi connectivity index (χ3n) is 10.7. The van der Waals surface area contributed by atoms with Crippen molar-refractivity contribution in [3.8, 4) is 0 Å². The van der Waals surface area contributed by atoms with Crippen molar-refractivity contribution in [2.75, 3.05) is 38.2 Å². The van der Waals surface area contributed by atoms with Crippen LogP contribution in [-0.2, 0) is 6.42 Å². The predicted octanol–water partition coefficient (Wildman–Crippen LogP) is 4.97. The van der Waals surface area contributed by atoms with Crippen LogP contribution in [0.15, 0.2) is 36.4 Å². The number of aromatic amines is 1. The summed E-state index contributed by atoms with van der Waals surface area (Å²) in [6.45, 7) is 4.69. The summed E-state index contributed by atoms with van der Waals surface area (Å²) in [5.74, 6) is 0.498. The fourth-order valence-electron chi connectivity index (χ4n) is 9.18. The van der Waals surface area contributed by atoms with Gasteiger partial charge in [0.2, 0.25) is 0 Å². The van der Waals surface area contributed by atoms with Crippen LogP contribution in [0.5, 0.6) is 0 Å². The Hall–Kier alpha value is -2.48. The molecule has 3 aliphatic heterocycles. The van der Waals surface area contributed by atoms with E-state index in [0.29, 0.717) is 24.4 Å². The lowest BCUT2D eigenvalue weighted by molar-refractivity contribution is 0.0195. The number of rotatable bonds is 6. The van der Waals surface area contributed by atoms with Gasteiger partial charge in [-0.2, -0.15) is 0 Å². The number of likely N-dealkylation sites (tertiary alicyclic amines) is 1. The van der Waals surface area contributed by atoms with Crippen LogP contribution in [0.4, 0.5) is 14.5 Å². The molecule has 9 rings (SSSR count). The molecule has 3 saturated carbocycles. The summed E-state index contributed by atoms with van der Waals surface area (Å²) in [6.07, 6.45) is 3.53. The summed E-state index contributed by atoms with van der Waals surface area (Å²) in [5, 5.41) is 15.4. The van der Waals surface area contributed by atoms with Crippen LogP contribution in [0.1, 0.15) is 60.5 Å². The maximum absolute atomic E-state index is 16.5. The fourth-order valence-corrected chi connectivity index (χ4v) is 9.18. The van der Waals surface area contributed by atoms with Gasteiger partial charge >= 0.3 is 0 Å². The molecule has 1 saturated heterocycles. The van der Waals surface area contributed by atoms with Crippen LogP contribution >= 0.6 is 0 Å². The summed E-state index contributed by atoms with van der Waals surface area (Å²) < 4.78 is 29.0. The van der Waals surface area contributed by atoms with E-state index in [2.05, 4.69) is 57.4 Å². The molecule has 4 heterocycles. The van der Waals surface area contributed by atoms with Gasteiger partial charge in [-0.1, -0.05) is 18.2 Å². The monoisotopic (exact) mass is 518 g/mol. The zero-order chi connectivity index (χ0) is 25.8. The van der Waals surface area contributed by atoms with Gasteiger partial charge in [0.05, 0.1) is 18.8 Å². The molecule has 2 aromatic carbocycles. The SMILES string of the molecule is C[C@H]1Cc2c([nH]c3ccccc23)[C@@H]2c3c(F)cc(NC4CN(CCCF)C4)cc3C3C4CC3(CO)C[C@H]4N21. The van der Waals surface area contributed by atoms with Crippen LogP contribution in [0, 0.1) is 17.2 Å². The molecule has 0 amide bonds. The van der Waals surface area contributed by atoms with Crippen molar-refractivity contribution in [2.45, 2.75) is 62.7 Å². The topological polar surface area (TPSA) is 54.5 Å². The highest BCUT2D eigenvalue weighted by Gasteiger charge is 2.68. The number of nitrogens with one attached hydrogen (secondary N) is 2. The number of halogens is 2. The molecule has 38 heavy (non-hydrogen) atoms. The molecule has 0 radical (unpaired) electrons. The van der Waals surface area contributed by atoms with Crippen LogP contribution in [0.3, 0.4) is 0 Å². The Bertz CT molecular complexity index is 1420.